The number of ether oxygens (including phenoxy) is 2. The number of rotatable bonds is 8. The summed E-state index contributed by atoms with van der Waals surface area (Å²) in [6, 6.07) is 19.0. The zero-order valence-electron chi connectivity index (χ0n) is 18.6. The van der Waals surface area contributed by atoms with Gasteiger partial charge in [0, 0.05) is 12.5 Å². The molecule has 0 bridgehead atoms. The summed E-state index contributed by atoms with van der Waals surface area (Å²) < 4.78 is 11.1. The number of aliphatic hydroxyl groups excluding tert-OH is 2. The molecule has 4 rings (SSSR count). The maximum atomic E-state index is 12.3. The van der Waals surface area contributed by atoms with Crippen molar-refractivity contribution >= 4 is 22.0 Å². The Labute approximate surface area is 206 Å². The molecule has 0 radical (unpaired) electrons. The highest BCUT2D eigenvalue weighted by molar-refractivity contribution is 9.10. The molecule has 0 saturated heterocycles. The molecule has 7 nitrogen and oxygen atoms in total. The first-order valence-corrected chi connectivity index (χ1v) is 11.8. The Morgan fingerprint density at radius 3 is 2.29 bits per heavy atom. The number of benzene rings is 3. The molecule has 3 aromatic carbocycles. The number of carbonyl (C=O) groups is 1. The van der Waals surface area contributed by atoms with Crippen LogP contribution in [0.4, 0.5) is 4.79 Å². The lowest BCUT2D eigenvalue weighted by Gasteiger charge is -2.20. The third-order valence-electron chi connectivity index (χ3n) is 5.86. The van der Waals surface area contributed by atoms with Gasteiger partial charge in [-0.25, -0.2) is 4.79 Å². The first kappa shape index (κ1) is 24.1. The maximum absolute atomic E-state index is 12.3. The third-order valence-corrected chi connectivity index (χ3v) is 6.46. The second kappa shape index (κ2) is 10.5. The molecular weight excluding hydrogens is 502 g/mol. The summed E-state index contributed by atoms with van der Waals surface area (Å²) in [5, 5.41) is 33.5. The molecule has 0 fully saturated rings. The molecule has 1 aliphatic carbocycles. The van der Waals surface area contributed by atoms with E-state index in [-0.39, 0.29) is 30.6 Å². The van der Waals surface area contributed by atoms with Crippen molar-refractivity contribution in [1.82, 2.24) is 5.32 Å². The summed E-state index contributed by atoms with van der Waals surface area (Å²) >= 11 is 3.21. The van der Waals surface area contributed by atoms with Gasteiger partial charge in [-0.15, -0.1) is 0 Å². The Morgan fingerprint density at radius 1 is 1.06 bits per heavy atom. The molecule has 34 heavy (non-hydrogen) atoms. The molecule has 2 unspecified atom stereocenters. The summed E-state index contributed by atoms with van der Waals surface area (Å²) in [5.74, 6) is 0.0201. The number of phenols is 1. The minimum Gasteiger partial charge on any atom is -0.503 e. The number of aromatic hydroxyl groups is 1. The topological polar surface area (TPSA) is 108 Å². The van der Waals surface area contributed by atoms with Gasteiger partial charge in [0.15, 0.2) is 11.5 Å². The van der Waals surface area contributed by atoms with Crippen LogP contribution in [-0.4, -0.2) is 47.3 Å². The number of carbonyl (C=O) groups excluding carboxylic acids is 1. The van der Waals surface area contributed by atoms with Crippen LogP contribution in [0.3, 0.4) is 0 Å². The van der Waals surface area contributed by atoms with Crippen LogP contribution in [0.5, 0.6) is 11.5 Å². The lowest BCUT2D eigenvalue weighted by atomic mass is 9.98. The van der Waals surface area contributed by atoms with Crippen LogP contribution in [0, 0.1) is 0 Å². The summed E-state index contributed by atoms with van der Waals surface area (Å²) in [5.41, 5.74) is 4.81. The van der Waals surface area contributed by atoms with Gasteiger partial charge in [0.1, 0.15) is 18.8 Å². The van der Waals surface area contributed by atoms with E-state index >= 15 is 0 Å². The Bertz CT molecular complexity index is 1140. The fourth-order valence-electron chi connectivity index (χ4n) is 4.20. The number of fused-ring (bicyclic) bond motifs is 3. The maximum Gasteiger partial charge on any atom is 0.407 e. The zero-order chi connectivity index (χ0) is 24.2. The standard InChI is InChI=1S/C26H26BrNO6/c1-2-33-23-12-15(11-21(27)25(23)31)24(30)22(29)13-28-26(32)34-14-20-18-9-5-3-7-16(18)17-8-4-6-10-19(17)20/h3-12,20,22,24,29-31H,2,13-14H2,1H3,(H,28,32). The van der Waals surface area contributed by atoms with Crippen molar-refractivity contribution in [3.05, 3.63) is 81.8 Å². The number of amides is 1. The minimum atomic E-state index is -1.31. The fraction of sp³-hybridized carbons (Fsp3) is 0.269. The molecule has 1 aliphatic rings. The van der Waals surface area contributed by atoms with Crippen molar-refractivity contribution < 1.29 is 29.6 Å². The second-order valence-electron chi connectivity index (χ2n) is 8.00. The number of nitrogens with one attached hydrogen (secondary N) is 1. The van der Waals surface area contributed by atoms with Crippen LogP contribution in [-0.2, 0) is 4.74 Å². The van der Waals surface area contributed by atoms with Gasteiger partial charge in [0.2, 0.25) is 0 Å². The lowest BCUT2D eigenvalue weighted by Crippen LogP contribution is -2.36. The van der Waals surface area contributed by atoms with Crippen molar-refractivity contribution in [3.8, 4) is 22.6 Å². The van der Waals surface area contributed by atoms with Crippen LogP contribution < -0.4 is 10.1 Å². The van der Waals surface area contributed by atoms with Crippen molar-refractivity contribution in [3.63, 3.8) is 0 Å². The van der Waals surface area contributed by atoms with Gasteiger partial charge in [-0.1, -0.05) is 48.5 Å². The molecule has 8 heteroatoms. The molecule has 0 heterocycles. The van der Waals surface area contributed by atoms with Gasteiger partial charge < -0.3 is 30.1 Å². The van der Waals surface area contributed by atoms with E-state index in [4.69, 9.17) is 9.47 Å². The first-order chi connectivity index (χ1) is 16.4. The van der Waals surface area contributed by atoms with Crippen molar-refractivity contribution in [2.45, 2.75) is 25.0 Å². The number of aliphatic hydroxyl groups is 2. The molecule has 0 saturated carbocycles. The molecule has 1 amide bonds. The van der Waals surface area contributed by atoms with Crippen LogP contribution in [0.15, 0.2) is 65.1 Å². The lowest BCUT2D eigenvalue weighted by molar-refractivity contribution is 0.0183. The van der Waals surface area contributed by atoms with Crippen molar-refractivity contribution in [1.29, 1.82) is 0 Å². The number of hydrogen-bond acceptors (Lipinski definition) is 6. The quantitative estimate of drug-likeness (QED) is 0.343. The average molecular weight is 528 g/mol. The van der Waals surface area contributed by atoms with Gasteiger partial charge in [-0.3, -0.25) is 0 Å². The average Bonchev–Trinajstić information content (AvgIpc) is 3.17. The predicted octanol–water partition coefficient (Wildman–Crippen LogP) is 4.49. The van der Waals surface area contributed by atoms with Gasteiger partial charge in [-0.05, 0) is 62.8 Å². The number of alkyl carbamates (subject to hydrolysis) is 1. The second-order valence-corrected chi connectivity index (χ2v) is 8.86. The van der Waals surface area contributed by atoms with E-state index in [0.717, 1.165) is 22.3 Å². The minimum absolute atomic E-state index is 0.0694. The summed E-state index contributed by atoms with van der Waals surface area (Å²) in [6.45, 7) is 2.02. The van der Waals surface area contributed by atoms with Gasteiger partial charge in [0.05, 0.1) is 11.1 Å². The normalized spacial score (nSPS) is 14.1. The van der Waals surface area contributed by atoms with Crippen LogP contribution in [0.1, 0.15) is 35.6 Å². The molecule has 178 valence electrons. The van der Waals surface area contributed by atoms with E-state index in [2.05, 4.69) is 33.4 Å². The highest BCUT2D eigenvalue weighted by Gasteiger charge is 2.29. The highest BCUT2D eigenvalue weighted by atomic mass is 79.9. The zero-order valence-corrected chi connectivity index (χ0v) is 20.2. The summed E-state index contributed by atoms with van der Waals surface area (Å²) in [6.07, 6.45) is -3.30. The largest absolute Gasteiger partial charge is 0.503 e. The third kappa shape index (κ3) is 4.89. The van der Waals surface area contributed by atoms with Crippen LogP contribution in [0.25, 0.3) is 11.1 Å². The molecular formula is C26H26BrNO6. The molecule has 2 atom stereocenters. The van der Waals surface area contributed by atoms with E-state index < -0.39 is 18.3 Å². The Morgan fingerprint density at radius 2 is 1.68 bits per heavy atom. The Kier molecular flexibility index (Phi) is 7.41. The summed E-state index contributed by atoms with van der Waals surface area (Å²) in [7, 11) is 0. The first-order valence-electron chi connectivity index (χ1n) is 11.0. The molecule has 3 aromatic rings. The van der Waals surface area contributed by atoms with Crippen LogP contribution in [0.2, 0.25) is 0 Å². The molecule has 0 spiro atoms. The summed E-state index contributed by atoms with van der Waals surface area (Å²) in [4.78, 5) is 12.3. The fourth-order valence-corrected chi connectivity index (χ4v) is 4.66. The van der Waals surface area contributed by atoms with E-state index in [1.54, 1.807) is 6.92 Å². The van der Waals surface area contributed by atoms with Crippen LogP contribution >= 0.6 is 15.9 Å². The van der Waals surface area contributed by atoms with Crippen molar-refractivity contribution in [2.75, 3.05) is 19.8 Å². The highest BCUT2D eigenvalue weighted by Crippen LogP contribution is 2.44. The number of hydrogen-bond donors (Lipinski definition) is 4. The Hall–Kier alpha value is -3.07. The molecule has 0 aromatic heterocycles. The Balaban J connectivity index is 1.35. The SMILES string of the molecule is CCOc1cc(C(O)C(O)CNC(=O)OCC2c3ccccc3-c3ccccc32)cc(Br)c1O. The van der Waals surface area contributed by atoms with Gasteiger partial charge in [-0.2, -0.15) is 0 Å². The number of halogens is 1. The van der Waals surface area contributed by atoms with E-state index in [0.29, 0.717) is 16.6 Å². The smallest absolute Gasteiger partial charge is 0.407 e. The molecule has 0 aliphatic heterocycles. The van der Waals surface area contributed by atoms with Gasteiger partial charge in [0.25, 0.3) is 0 Å². The van der Waals surface area contributed by atoms with E-state index in [9.17, 15) is 20.1 Å². The molecule has 4 N–H and O–H groups in total. The predicted molar refractivity (Wildman–Crippen MR) is 131 cm³/mol. The van der Waals surface area contributed by atoms with E-state index in [1.807, 2.05) is 36.4 Å². The van der Waals surface area contributed by atoms with Gasteiger partial charge >= 0.3 is 6.09 Å². The van der Waals surface area contributed by atoms with Crippen molar-refractivity contribution in [2.24, 2.45) is 0 Å². The number of phenolic OH excluding ortho intramolecular Hbond substituents is 1. The monoisotopic (exact) mass is 527 g/mol. The van der Waals surface area contributed by atoms with E-state index in [1.165, 1.54) is 12.1 Å².